The summed E-state index contributed by atoms with van der Waals surface area (Å²) < 4.78 is 0. The van der Waals surface area contributed by atoms with E-state index in [1.165, 1.54) is 6.08 Å². The van der Waals surface area contributed by atoms with Crippen molar-refractivity contribution in [1.29, 1.82) is 0 Å². The van der Waals surface area contributed by atoms with Crippen LogP contribution in [0.25, 0.3) is 6.08 Å². The fourth-order valence-corrected chi connectivity index (χ4v) is 3.42. The van der Waals surface area contributed by atoms with Crippen LogP contribution in [0.5, 0.6) is 0 Å². The van der Waals surface area contributed by atoms with Gasteiger partial charge in [0.05, 0.1) is 12.1 Å². The fraction of sp³-hybridized carbons (Fsp3) is 0.500. The van der Waals surface area contributed by atoms with Crippen molar-refractivity contribution in [3.05, 3.63) is 36.2 Å². The number of piperazine rings is 1. The predicted molar refractivity (Wildman–Crippen MR) is 93.5 cm³/mol. The molecule has 2 amide bonds. The number of hydrogen-bond acceptors (Lipinski definition) is 5. The van der Waals surface area contributed by atoms with Crippen LogP contribution in [0.3, 0.4) is 0 Å². The van der Waals surface area contributed by atoms with Crippen LogP contribution in [-0.2, 0) is 9.59 Å². The maximum absolute atomic E-state index is 12.4. The number of aromatic nitrogens is 1. The first-order valence-corrected chi connectivity index (χ1v) is 8.59. The summed E-state index contributed by atoms with van der Waals surface area (Å²) >= 11 is 0. The maximum atomic E-state index is 12.4. The minimum Gasteiger partial charge on any atom is -0.390 e. The average molecular weight is 344 g/mol. The summed E-state index contributed by atoms with van der Waals surface area (Å²) in [4.78, 5) is 33.4. The standard InChI is InChI=1S/C18H24N4O3/c1-14(23)20-8-10-21(11-9-20)16-12-22(13-17(16)24)18(25)3-2-15-4-6-19-7-5-15/h2-7,16-17,24H,8-13H2,1H3/b3-2+/t16-,17-/m1/s1. The Morgan fingerprint density at radius 1 is 1.12 bits per heavy atom. The normalized spacial score (nSPS) is 24.9. The van der Waals surface area contributed by atoms with Crippen LogP contribution in [0.1, 0.15) is 12.5 Å². The molecular weight excluding hydrogens is 320 g/mol. The first-order chi connectivity index (χ1) is 12.0. The molecule has 1 N–H and O–H groups in total. The van der Waals surface area contributed by atoms with Crippen LogP contribution in [-0.4, -0.2) is 88.0 Å². The molecule has 0 radical (unpaired) electrons. The van der Waals surface area contributed by atoms with Crippen molar-refractivity contribution >= 4 is 17.9 Å². The number of likely N-dealkylation sites (tertiary alicyclic amines) is 1. The summed E-state index contributed by atoms with van der Waals surface area (Å²) in [6.45, 7) is 5.25. The van der Waals surface area contributed by atoms with Gasteiger partial charge in [0, 0.05) is 64.7 Å². The average Bonchev–Trinajstić information content (AvgIpc) is 3.02. The van der Waals surface area contributed by atoms with Crippen LogP contribution >= 0.6 is 0 Å². The molecule has 2 atom stereocenters. The molecule has 0 spiro atoms. The third-order valence-corrected chi connectivity index (χ3v) is 4.92. The minimum atomic E-state index is -0.554. The molecule has 0 unspecified atom stereocenters. The molecule has 1 aromatic rings. The van der Waals surface area contributed by atoms with E-state index in [1.807, 2.05) is 17.0 Å². The Kier molecular flexibility index (Phi) is 5.45. The Morgan fingerprint density at radius 3 is 2.44 bits per heavy atom. The third kappa shape index (κ3) is 4.24. The van der Waals surface area contributed by atoms with E-state index in [0.29, 0.717) is 26.2 Å². The zero-order valence-corrected chi connectivity index (χ0v) is 14.4. The van der Waals surface area contributed by atoms with Gasteiger partial charge in [-0.3, -0.25) is 19.5 Å². The van der Waals surface area contributed by atoms with Crippen LogP contribution in [0.4, 0.5) is 0 Å². The summed E-state index contributed by atoms with van der Waals surface area (Å²) in [7, 11) is 0. The Bertz CT molecular complexity index is 641. The molecular formula is C18H24N4O3. The van der Waals surface area contributed by atoms with Gasteiger partial charge in [0.15, 0.2) is 0 Å². The van der Waals surface area contributed by atoms with Crippen molar-refractivity contribution in [2.24, 2.45) is 0 Å². The molecule has 0 aliphatic carbocycles. The second-order valence-corrected chi connectivity index (χ2v) is 6.53. The van der Waals surface area contributed by atoms with Crippen molar-refractivity contribution in [2.45, 2.75) is 19.1 Å². The lowest BCUT2D eigenvalue weighted by molar-refractivity contribution is -0.131. The van der Waals surface area contributed by atoms with E-state index in [-0.39, 0.29) is 17.9 Å². The van der Waals surface area contributed by atoms with Crippen LogP contribution in [0, 0.1) is 0 Å². The number of aliphatic hydroxyl groups excluding tert-OH is 1. The highest BCUT2D eigenvalue weighted by Gasteiger charge is 2.38. The molecule has 0 saturated carbocycles. The summed E-state index contributed by atoms with van der Waals surface area (Å²) in [6, 6.07) is 3.60. The molecule has 2 saturated heterocycles. The molecule has 0 bridgehead atoms. The summed E-state index contributed by atoms with van der Waals surface area (Å²) in [6.07, 6.45) is 6.11. The highest BCUT2D eigenvalue weighted by Crippen LogP contribution is 2.19. The minimum absolute atomic E-state index is 0.0626. The van der Waals surface area contributed by atoms with Crippen molar-refractivity contribution < 1.29 is 14.7 Å². The number of carbonyl (C=O) groups excluding carboxylic acids is 2. The van der Waals surface area contributed by atoms with E-state index in [2.05, 4.69) is 9.88 Å². The van der Waals surface area contributed by atoms with Gasteiger partial charge in [0.1, 0.15) is 0 Å². The second-order valence-electron chi connectivity index (χ2n) is 6.53. The van der Waals surface area contributed by atoms with Crippen molar-refractivity contribution in [1.82, 2.24) is 19.7 Å². The predicted octanol–water partition coefficient (Wildman–Crippen LogP) is -0.169. The molecule has 2 fully saturated rings. The van der Waals surface area contributed by atoms with Gasteiger partial charge < -0.3 is 14.9 Å². The smallest absolute Gasteiger partial charge is 0.246 e. The van der Waals surface area contributed by atoms with E-state index in [1.54, 1.807) is 30.3 Å². The number of aliphatic hydroxyl groups is 1. The topological polar surface area (TPSA) is 77.0 Å². The van der Waals surface area contributed by atoms with E-state index in [0.717, 1.165) is 18.7 Å². The molecule has 0 aromatic carbocycles. The highest BCUT2D eigenvalue weighted by molar-refractivity contribution is 5.92. The Balaban J connectivity index is 1.55. The molecule has 7 heteroatoms. The molecule has 25 heavy (non-hydrogen) atoms. The number of β-amino-alcohol motifs (C(OH)–C–C–N with tert-alkyl or cyclic N) is 1. The first-order valence-electron chi connectivity index (χ1n) is 8.59. The molecule has 2 aliphatic rings. The lowest BCUT2D eigenvalue weighted by Gasteiger charge is -2.38. The van der Waals surface area contributed by atoms with Gasteiger partial charge in [-0.05, 0) is 23.8 Å². The lowest BCUT2D eigenvalue weighted by atomic mass is 10.1. The first kappa shape index (κ1) is 17.6. The molecule has 134 valence electrons. The molecule has 3 rings (SSSR count). The van der Waals surface area contributed by atoms with Gasteiger partial charge >= 0.3 is 0 Å². The van der Waals surface area contributed by atoms with Gasteiger partial charge in [0.2, 0.25) is 11.8 Å². The number of carbonyl (C=O) groups is 2. The molecule has 7 nitrogen and oxygen atoms in total. The van der Waals surface area contributed by atoms with Crippen LogP contribution in [0.15, 0.2) is 30.6 Å². The Morgan fingerprint density at radius 2 is 1.80 bits per heavy atom. The Hall–Kier alpha value is -2.25. The quantitative estimate of drug-likeness (QED) is 0.771. The van der Waals surface area contributed by atoms with Crippen LogP contribution in [0.2, 0.25) is 0 Å². The van der Waals surface area contributed by atoms with E-state index in [9.17, 15) is 14.7 Å². The summed E-state index contributed by atoms with van der Waals surface area (Å²) in [5.74, 6) is -0.00888. The van der Waals surface area contributed by atoms with Gasteiger partial charge in [-0.15, -0.1) is 0 Å². The molecule has 1 aromatic heterocycles. The van der Waals surface area contributed by atoms with Gasteiger partial charge in [-0.25, -0.2) is 0 Å². The number of rotatable bonds is 3. The lowest BCUT2D eigenvalue weighted by Crippen LogP contribution is -2.54. The van der Waals surface area contributed by atoms with Gasteiger partial charge in [-0.2, -0.15) is 0 Å². The number of pyridine rings is 1. The highest BCUT2D eigenvalue weighted by atomic mass is 16.3. The largest absolute Gasteiger partial charge is 0.390 e. The van der Waals surface area contributed by atoms with Crippen molar-refractivity contribution in [2.75, 3.05) is 39.3 Å². The number of hydrogen-bond donors (Lipinski definition) is 1. The zero-order chi connectivity index (χ0) is 17.8. The van der Waals surface area contributed by atoms with E-state index in [4.69, 9.17) is 0 Å². The number of nitrogens with zero attached hydrogens (tertiary/aromatic N) is 4. The van der Waals surface area contributed by atoms with Crippen molar-refractivity contribution in [3.63, 3.8) is 0 Å². The summed E-state index contributed by atoms with van der Waals surface area (Å²) in [5, 5.41) is 10.4. The number of amides is 2. The van der Waals surface area contributed by atoms with Gasteiger partial charge in [0.25, 0.3) is 0 Å². The SMILES string of the molecule is CC(=O)N1CCN([C@@H]2CN(C(=O)/C=C/c3ccncc3)C[C@H]2O)CC1. The van der Waals surface area contributed by atoms with E-state index >= 15 is 0 Å². The fourth-order valence-electron chi connectivity index (χ4n) is 3.42. The monoisotopic (exact) mass is 344 g/mol. The van der Waals surface area contributed by atoms with Gasteiger partial charge in [-0.1, -0.05) is 0 Å². The second kappa shape index (κ2) is 7.76. The maximum Gasteiger partial charge on any atom is 0.246 e. The van der Waals surface area contributed by atoms with Crippen LogP contribution < -0.4 is 0 Å². The zero-order valence-electron chi connectivity index (χ0n) is 14.4. The Labute approximate surface area is 147 Å². The molecule has 2 aliphatic heterocycles. The van der Waals surface area contributed by atoms with Crippen molar-refractivity contribution in [3.8, 4) is 0 Å². The van der Waals surface area contributed by atoms with E-state index < -0.39 is 6.10 Å². The summed E-state index contributed by atoms with van der Waals surface area (Å²) in [5.41, 5.74) is 0.917. The third-order valence-electron chi connectivity index (χ3n) is 4.92. The molecule has 3 heterocycles.